The molecule has 1 saturated heterocycles. The molecule has 1 aliphatic rings. The summed E-state index contributed by atoms with van der Waals surface area (Å²) in [5, 5.41) is 3.33. The Hall–Kier alpha value is -0.610. The van der Waals surface area contributed by atoms with E-state index >= 15 is 0 Å². The maximum atomic E-state index is 10.8. The van der Waals surface area contributed by atoms with Crippen LogP contribution in [0.2, 0.25) is 0 Å². The molecule has 88 valence electrons. The van der Waals surface area contributed by atoms with Crippen LogP contribution in [-0.4, -0.2) is 39.4 Å². The van der Waals surface area contributed by atoms with Gasteiger partial charge in [0, 0.05) is 19.6 Å². The number of hydrogen-bond donors (Lipinski definition) is 1. The predicted octanol–water partition coefficient (Wildman–Crippen LogP) is 0.956. The number of nitrogens with one attached hydrogen (secondary N) is 1. The van der Waals surface area contributed by atoms with E-state index in [1.807, 2.05) is 0 Å². The number of hydrogen-bond acceptors (Lipinski definition) is 4. The van der Waals surface area contributed by atoms with E-state index in [2.05, 4.69) is 10.1 Å². The highest BCUT2D eigenvalue weighted by molar-refractivity contribution is 5.68. The zero-order chi connectivity index (χ0) is 10.9. The van der Waals surface area contributed by atoms with Gasteiger partial charge in [-0.1, -0.05) is 0 Å². The third kappa shape index (κ3) is 5.74. The first-order valence-electron chi connectivity index (χ1n) is 5.68. The lowest BCUT2D eigenvalue weighted by Crippen LogP contribution is -2.20. The minimum Gasteiger partial charge on any atom is -0.469 e. The lowest BCUT2D eigenvalue weighted by Gasteiger charge is -2.08. The molecule has 4 heteroatoms. The molecule has 1 unspecified atom stereocenters. The zero-order valence-corrected chi connectivity index (χ0v) is 9.46. The van der Waals surface area contributed by atoms with Gasteiger partial charge < -0.3 is 14.8 Å². The smallest absolute Gasteiger partial charge is 0.305 e. The van der Waals surface area contributed by atoms with Gasteiger partial charge in [-0.05, 0) is 38.3 Å². The van der Waals surface area contributed by atoms with Gasteiger partial charge in [0.1, 0.15) is 0 Å². The molecule has 1 atom stereocenters. The summed E-state index contributed by atoms with van der Waals surface area (Å²) in [6.45, 7) is 3.76. The molecule has 1 aliphatic heterocycles. The summed E-state index contributed by atoms with van der Waals surface area (Å²) in [4.78, 5) is 10.8. The van der Waals surface area contributed by atoms with Gasteiger partial charge >= 0.3 is 5.97 Å². The van der Waals surface area contributed by atoms with Crippen molar-refractivity contribution in [2.75, 3.05) is 33.4 Å². The Morgan fingerprint density at radius 3 is 3.07 bits per heavy atom. The lowest BCUT2D eigenvalue weighted by atomic mass is 10.1. The lowest BCUT2D eigenvalue weighted by molar-refractivity contribution is -0.140. The SMILES string of the molecule is COC(=O)CCCNCCC1CCOC1. The molecule has 0 aliphatic carbocycles. The molecule has 0 spiro atoms. The maximum absolute atomic E-state index is 10.8. The fourth-order valence-electron chi connectivity index (χ4n) is 1.70. The highest BCUT2D eigenvalue weighted by Crippen LogP contribution is 2.14. The first-order chi connectivity index (χ1) is 7.33. The van der Waals surface area contributed by atoms with Gasteiger partial charge in [-0.15, -0.1) is 0 Å². The van der Waals surface area contributed by atoms with E-state index in [4.69, 9.17) is 4.74 Å². The second kappa shape index (κ2) is 7.65. The zero-order valence-electron chi connectivity index (χ0n) is 9.46. The third-order valence-electron chi connectivity index (χ3n) is 2.72. The summed E-state index contributed by atoms with van der Waals surface area (Å²) in [5.41, 5.74) is 0. The van der Waals surface area contributed by atoms with Gasteiger partial charge in [0.05, 0.1) is 7.11 Å². The van der Waals surface area contributed by atoms with Crippen molar-refractivity contribution < 1.29 is 14.3 Å². The standard InChI is InChI=1S/C11H21NO3/c1-14-11(13)3-2-6-12-7-4-10-5-8-15-9-10/h10,12H,2-9H2,1H3. The van der Waals surface area contributed by atoms with E-state index < -0.39 is 0 Å². The molecular weight excluding hydrogens is 194 g/mol. The Morgan fingerprint density at radius 1 is 1.53 bits per heavy atom. The average molecular weight is 215 g/mol. The van der Waals surface area contributed by atoms with Crippen LogP contribution < -0.4 is 5.32 Å². The highest BCUT2D eigenvalue weighted by Gasteiger charge is 2.14. The van der Waals surface area contributed by atoms with E-state index in [0.717, 1.165) is 38.6 Å². The molecule has 1 rings (SSSR count). The Bertz CT molecular complexity index is 179. The Labute approximate surface area is 91.3 Å². The number of methoxy groups -OCH3 is 1. The summed E-state index contributed by atoms with van der Waals surface area (Å²) < 4.78 is 9.85. The summed E-state index contributed by atoms with van der Waals surface area (Å²) in [5.74, 6) is 0.610. The number of carbonyl (C=O) groups excluding carboxylic acids is 1. The minimum absolute atomic E-state index is 0.124. The van der Waals surface area contributed by atoms with Crippen LogP contribution >= 0.6 is 0 Å². The van der Waals surface area contributed by atoms with Crippen molar-refractivity contribution in [3.63, 3.8) is 0 Å². The van der Waals surface area contributed by atoms with Gasteiger partial charge in [0.2, 0.25) is 0 Å². The normalized spacial score (nSPS) is 20.5. The van der Waals surface area contributed by atoms with Crippen LogP contribution in [-0.2, 0) is 14.3 Å². The maximum Gasteiger partial charge on any atom is 0.305 e. The van der Waals surface area contributed by atoms with E-state index in [1.54, 1.807) is 0 Å². The molecule has 0 saturated carbocycles. The predicted molar refractivity (Wildman–Crippen MR) is 57.7 cm³/mol. The second-order valence-electron chi connectivity index (χ2n) is 3.95. The van der Waals surface area contributed by atoms with Crippen LogP contribution in [0.3, 0.4) is 0 Å². The molecule has 0 aromatic heterocycles. The molecule has 0 radical (unpaired) electrons. The number of ether oxygens (including phenoxy) is 2. The third-order valence-corrected chi connectivity index (χ3v) is 2.72. The van der Waals surface area contributed by atoms with Crippen molar-refractivity contribution in [2.45, 2.75) is 25.7 Å². The second-order valence-corrected chi connectivity index (χ2v) is 3.95. The Morgan fingerprint density at radius 2 is 2.40 bits per heavy atom. The van der Waals surface area contributed by atoms with E-state index in [-0.39, 0.29) is 5.97 Å². The molecule has 0 amide bonds. The van der Waals surface area contributed by atoms with Gasteiger partial charge in [-0.25, -0.2) is 0 Å². The summed E-state index contributed by atoms with van der Waals surface area (Å²) in [6, 6.07) is 0. The van der Waals surface area contributed by atoms with Crippen molar-refractivity contribution in [3.05, 3.63) is 0 Å². The molecule has 0 aromatic rings. The molecule has 0 aromatic carbocycles. The van der Waals surface area contributed by atoms with Gasteiger partial charge in [0.15, 0.2) is 0 Å². The van der Waals surface area contributed by atoms with Crippen molar-refractivity contribution in [3.8, 4) is 0 Å². The van der Waals surface area contributed by atoms with Crippen molar-refractivity contribution in [2.24, 2.45) is 5.92 Å². The number of rotatable bonds is 7. The summed E-state index contributed by atoms with van der Waals surface area (Å²) in [7, 11) is 1.43. The van der Waals surface area contributed by atoms with Gasteiger partial charge in [-0.2, -0.15) is 0 Å². The Kier molecular flexibility index (Phi) is 6.36. The van der Waals surface area contributed by atoms with Crippen molar-refractivity contribution in [1.29, 1.82) is 0 Å². The van der Waals surface area contributed by atoms with Crippen molar-refractivity contribution >= 4 is 5.97 Å². The quantitative estimate of drug-likeness (QED) is 0.507. The largest absolute Gasteiger partial charge is 0.469 e. The van der Waals surface area contributed by atoms with E-state index in [9.17, 15) is 4.79 Å². The van der Waals surface area contributed by atoms with Crippen LogP contribution in [0, 0.1) is 5.92 Å². The number of esters is 1. The summed E-state index contributed by atoms with van der Waals surface area (Å²) >= 11 is 0. The molecular formula is C11H21NO3. The minimum atomic E-state index is -0.124. The van der Waals surface area contributed by atoms with Crippen LogP contribution in [0.25, 0.3) is 0 Å². The molecule has 15 heavy (non-hydrogen) atoms. The van der Waals surface area contributed by atoms with Crippen LogP contribution in [0.15, 0.2) is 0 Å². The van der Waals surface area contributed by atoms with Crippen molar-refractivity contribution in [1.82, 2.24) is 5.32 Å². The molecule has 4 nitrogen and oxygen atoms in total. The number of carbonyl (C=O) groups is 1. The first-order valence-corrected chi connectivity index (χ1v) is 5.68. The molecule has 1 N–H and O–H groups in total. The fourth-order valence-corrected chi connectivity index (χ4v) is 1.70. The van der Waals surface area contributed by atoms with E-state index in [0.29, 0.717) is 6.42 Å². The van der Waals surface area contributed by atoms with Gasteiger partial charge in [-0.3, -0.25) is 4.79 Å². The molecule has 1 heterocycles. The van der Waals surface area contributed by atoms with Crippen LogP contribution in [0.5, 0.6) is 0 Å². The Balaban J connectivity index is 1.82. The summed E-state index contributed by atoms with van der Waals surface area (Å²) in [6.07, 6.45) is 3.74. The average Bonchev–Trinajstić information content (AvgIpc) is 2.75. The van der Waals surface area contributed by atoms with Crippen LogP contribution in [0.1, 0.15) is 25.7 Å². The van der Waals surface area contributed by atoms with Crippen LogP contribution in [0.4, 0.5) is 0 Å². The van der Waals surface area contributed by atoms with Gasteiger partial charge in [0.25, 0.3) is 0 Å². The fraction of sp³-hybridized carbons (Fsp3) is 0.909. The first kappa shape index (κ1) is 12.5. The van der Waals surface area contributed by atoms with E-state index in [1.165, 1.54) is 20.0 Å². The highest BCUT2D eigenvalue weighted by atomic mass is 16.5. The topological polar surface area (TPSA) is 47.6 Å². The molecule has 1 fully saturated rings. The monoisotopic (exact) mass is 215 g/mol. The molecule has 0 bridgehead atoms.